The average Bonchev–Trinajstić information content (AvgIpc) is 2.53. The molecule has 2 fully saturated rings. The van der Waals surface area contributed by atoms with Crippen LogP contribution in [-0.2, 0) is 0 Å². The lowest BCUT2D eigenvalue weighted by atomic mass is 9.78. The summed E-state index contributed by atoms with van der Waals surface area (Å²) < 4.78 is 0. The molecule has 1 saturated carbocycles. The van der Waals surface area contributed by atoms with Crippen molar-refractivity contribution in [2.24, 2.45) is 10.9 Å². The summed E-state index contributed by atoms with van der Waals surface area (Å²) in [6, 6.07) is 6.51. The van der Waals surface area contributed by atoms with E-state index in [1.165, 1.54) is 44.9 Å². The second-order valence-corrected chi connectivity index (χ2v) is 6.38. The highest BCUT2D eigenvalue weighted by atomic mass is 35.5. The molecule has 0 bridgehead atoms. The van der Waals surface area contributed by atoms with Gasteiger partial charge in [-0.15, -0.1) is 0 Å². The van der Waals surface area contributed by atoms with Crippen LogP contribution in [0.3, 0.4) is 0 Å². The molecule has 5 heteroatoms. The molecule has 21 heavy (non-hydrogen) atoms. The molecule has 1 aliphatic carbocycles. The minimum absolute atomic E-state index is 0.651. The minimum atomic E-state index is 0.651. The van der Waals surface area contributed by atoms with Crippen LogP contribution < -0.4 is 10.4 Å². The zero-order valence-corrected chi connectivity index (χ0v) is 12.9. The van der Waals surface area contributed by atoms with Gasteiger partial charge in [0.25, 0.3) is 0 Å². The smallest absolute Gasteiger partial charge is 0.113 e. The van der Waals surface area contributed by atoms with Gasteiger partial charge >= 0.3 is 0 Å². The van der Waals surface area contributed by atoms with Gasteiger partial charge in [-0.05, 0) is 49.8 Å². The Morgan fingerprint density at radius 2 is 2.05 bits per heavy atom. The Morgan fingerprint density at radius 3 is 2.86 bits per heavy atom. The molecule has 1 aromatic carbocycles. The van der Waals surface area contributed by atoms with Gasteiger partial charge in [0.2, 0.25) is 0 Å². The van der Waals surface area contributed by atoms with Gasteiger partial charge in [-0.2, -0.15) is 0 Å². The van der Waals surface area contributed by atoms with Crippen LogP contribution >= 0.6 is 11.6 Å². The summed E-state index contributed by atoms with van der Waals surface area (Å²) in [4.78, 5) is 6.57. The normalized spacial score (nSPS) is 25.9. The molecule has 114 valence electrons. The number of fused-ring (bicyclic) bond motifs is 1. The second kappa shape index (κ2) is 6.67. The molecule has 2 atom stereocenters. The van der Waals surface area contributed by atoms with Crippen LogP contribution in [-0.4, -0.2) is 24.1 Å². The lowest BCUT2D eigenvalue weighted by Gasteiger charge is -2.45. The van der Waals surface area contributed by atoms with Crippen molar-refractivity contribution >= 4 is 29.3 Å². The van der Waals surface area contributed by atoms with Crippen LogP contribution in [0.5, 0.6) is 0 Å². The second-order valence-electron chi connectivity index (χ2n) is 5.97. The molecule has 1 aliphatic heterocycles. The Kier molecular flexibility index (Phi) is 4.66. The number of piperidine rings is 1. The number of hydroxylamine groups is 1. The van der Waals surface area contributed by atoms with Crippen molar-refractivity contribution in [2.75, 3.05) is 11.4 Å². The molecule has 1 aromatic rings. The largest absolute Gasteiger partial charge is 0.367 e. The van der Waals surface area contributed by atoms with Crippen molar-refractivity contribution in [3.8, 4) is 0 Å². The molecule has 0 spiro atoms. The molecule has 0 amide bonds. The molecule has 4 nitrogen and oxygen atoms in total. The summed E-state index contributed by atoms with van der Waals surface area (Å²) in [7, 11) is 0. The van der Waals surface area contributed by atoms with Gasteiger partial charge in [-0.25, -0.2) is 4.99 Å². The third-order valence-corrected chi connectivity index (χ3v) is 5.06. The Bertz CT molecular complexity index is 518. The number of hydrogen-bond acceptors (Lipinski definition) is 3. The summed E-state index contributed by atoms with van der Waals surface area (Å²) in [5.74, 6) is 0.833. The molecular weight excluding hydrogens is 286 g/mol. The molecule has 0 aromatic heterocycles. The molecule has 1 saturated heterocycles. The van der Waals surface area contributed by atoms with Crippen molar-refractivity contribution in [1.82, 2.24) is 5.48 Å². The first kappa shape index (κ1) is 14.7. The number of hydrogen-bond donors (Lipinski definition) is 2. The third kappa shape index (κ3) is 3.16. The van der Waals surface area contributed by atoms with E-state index >= 15 is 0 Å². The number of benzene rings is 1. The number of anilines is 1. The predicted octanol–water partition coefficient (Wildman–Crippen LogP) is 4.14. The summed E-state index contributed by atoms with van der Waals surface area (Å²) >= 11 is 6.47. The van der Waals surface area contributed by atoms with Crippen LogP contribution in [0.1, 0.15) is 38.5 Å². The fourth-order valence-electron chi connectivity index (χ4n) is 3.84. The predicted molar refractivity (Wildman–Crippen MR) is 86.9 cm³/mol. The third-order valence-electron chi connectivity index (χ3n) is 4.76. The van der Waals surface area contributed by atoms with E-state index < -0.39 is 0 Å². The highest BCUT2D eigenvalue weighted by molar-refractivity contribution is 6.33. The molecule has 3 rings (SSSR count). The van der Waals surface area contributed by atoms with Crippen molar-refractivity contribution < 1.29 is 5.21 Å². The van der Waals surface area contributed by atoms with E-state index in [9.17, 15) is 0 Å². The van der Waals surface area contributed by atoms with Crippen molar-refractivity contribution in [2.45, 2.75) is 44.6 Å². The standard InChI is InChI=1S/C16H22ClN3O/c17-14-10-13(18-11-19-21)7-8-16(14)20-9-3-5-12-4-1-2-6-15(12)20/h7-8,10-12,15,21H,1-6,9H2,(H,18,19). The van der Waals surface area contributed by atoms with Gasteiger partial charge in [0.15, 0.2) is 0 Å². The first-order valence-corrected chi connectivity index (χ1v) is 8.16. The van der Waals surface area contributed by atoms with E-state index in [1.54, 1.807) is 0 Å². The van der Waals surface area contributed by atoms with Crippen LogP contribution in [0.15, 0.2) is 23.2 Å². The van der Waals surface area contributed by atoms with Gasteiger partial charge in [0.05, 0.1) is 16.4 Å². The lowest BCUT2D eigenvalue weighted by Crippen LogP contribution is -2.47. The van der Waals surface area contributed by atoms with Crippen molar-refractivity contribution in [1.29, 1.82) is 0 Å². The fraction of sp³-hybridized carbons (Fsp3) is 0.562. The number of nitrogens with zero attached hydrogens (tertiary/aromatic N) is 2. The maximum Gasteiger partial charge on any atom is 0.113 e. The van der Waals surface area contributed by atoms with Gasteiger partial charge in [-0.1, -0.05) is 24.4 Å². The molecule has 0 radical (unpaired) electrons. The minimum Gasteiger partial charge on any atom is -0.367 e. The summed E-state index contributed by atoms with van der Waals surface area (Å²) in [6.07, 6.45) is 9.22. The van der Waals surface area contributed by atoms with Crippen molar-refractivity contribution in [3.63, 3.8) is 0 Å². The number of aliphatic imine (C=N–C) groups is 1. The number of rotatable bonds is 3. The van der Waals surface area contributed by atoms with E-state index in [0.29, 0.717) is 6.04 Å². The zero-order chi connectivity index (χ0) is 14.7. The average molecular weight is 308 g/mol. The summed E-state index contributed by atoms with van der Waals surface area (Å²) in [5.41, 5.74) is 3.77. The molecule has 2 unspecified atom stereocenters. The van der Waals surface area contributed by atoms with Crippen LogP contribution in [0.25, 0.3) is 0 Å². The lowest BCUT2D eigenvalue weighted by molar-refractivity contribution is 0.240. The van der Waals surface area contributed by atoms with Crippen LogP contribution in [0.4, 0.5) is 11.4 Å². The van der Waals surface area contributed by atoms with Gasteiger partial charge < -0.3 is 4.90 Å². The first-order chi connectivity index (χ1) is 10.3. The number of halogens is 1. The summed E-state index contributed by atoms with van der Waals surface area (Å²) in [6.45, 7) is 1.10. The van der Waals surface area contributed by atoms with E-state index in [4.69, 9.17) is 16.8 Å². The maximum atomic E-state index is 8.54. The number of nitrogens with one attached hydrogen (secondary N) is 1. The van der Waals surface area contributed by atoms with Crippen LogP contribution in [0, 0.1) is 5.92 Å². The van der Waals surface area contributed by atoms with Gasteiger partial charge in [0.1, 0.15) is 6.34 Å². The monoisotopic (exact) mass is 307 g/mol. The van der Waals surface area contributed by atoms with E-state index in [2.05, 4.69) is 16.0 Å². The highest BCUT2D eigenvalue weighted by Gasteiger charge is 2.33. The molecule has 2 N–H and O–H groups in total. The van der Waals surface area contributed by atoms with Gasteiger partial charge in [-0.3, -0.25) is 10.7 Å². The van der Waals surface area contributed by atoms with E-state index in [1.807, 2.05) is 17.6 Å². The SMILES string of the molecule is ONC=Nc1ccc(N2CCCC3CCCCC32)c(Cl)c1. The Hall–Kier alpha value is -1.26. The molecule has 2 aliphatic rings. The molecular formula is C16H22ClN3O. The summed E-state index contributed by atoms with van der Waals surface area (Å²) in [5, 5.41) is 9.29. The first-order valence-electron chi connectivity index (χ1n) is 7.78. The zero-order valence-electron chi connectivity index (χ0n) is 12.1. The quantitative estimate of drug-likeness (QED) is 0.501. The maximum absolute atomic E-state index is 8.54. The van der Waals surface area contributed by atoms with E-state index in [0.717, 1.165) is 28.9 Å². The fourth-order valence-corrected chi connectivity index (χ4v) is 4.12. The Labute approximate surface area is 130 Å². The van der Waals surface area contributed by atoms with E-state index in [-0.39, 0.29) is 0 Å². The Balaban J connectivity index is 1.83. The van der Waals surface area contributed by atoms with Gasteiger partial charge in [0, 0.05) is 12.6 Å². The van der Waals surface area contributed by atoms with Crippen LogP contribution in [0.2, 0.25) is 5.02 Å². The Morgan fingerprint density at radius 1 is 1.24 bits per heavy atom. The topological polar surface area (TPSA) is 47.9 Å². The highest BCUT2D eigenvalue weighted by Crippen LogP contribution is 2.40. The molecule has 1 heterocycles. The van der Waals surface area contributed by atoms with Crippen molar-refractivity contribution in [3.05, 3.63) is 23.2 Å².